The van der Waals surface area contributed by atoms with Gasteiger partial charge in [0.15, 0.2) is 5.65 Å². The molecule has 2 aromatic carbocycles. The molecule has 0 spiro atoms. The quantitative estimate of drug-likeness (QED) is 0.513. The van der Waals surface area contributed by atoms with Crippen LogP contribution in [0.1, 0.15) is 22.3 Å². The Balaban J connectivity index is 1.57. The lowest BCUT2D eigenvalue weighted by Gasteiger charge is -2.22. The van der Waals surface area contributed by atoms with Gasteiger partial charge in [-0.05, 0) is 36.3 Å². The van der Waals surface area contributed by atoms with E-state index < -0.39 is 17.3 Å². The van der Waals surface area contributed by atoms with Crippen molar-refractivity contribution in [2.24, 2.45) is 0 Å². The number of alkyl halides is 3. The van der Waals surface area contributed by atoms with E-state index >= 15 is 0 Å². The molecular formula is C23H18F3N5O. The van der Waals surface area contributed by atoms with Crippen molar-refractivity contribution in [1.29, 1.82) is 0 Å². The van der Waals surface area contributed by atoms with E-state index in [0.717, 1.165) is 23.3 Å². The number of benzene rings is 2. The van der Waals surface area contributed by atoms with Crippen LogP contribution in [-0.4, -0.2) is 19.3 Å². The lowest BCUT2D eigenvalue weighted by Crippen LogP contribution is -2.23. The first-order valence-corrected chi connectivity index (χ1v) is 9.98. The summed E-state index contributed by atoms with van der Waals surface area (Å²) in [5, 5.41) is 7.82. The van der Waals surface area contributed by atoms with Crippen molar-refractivity contribution >= 4 is 22.7 Å². The number of hydrogen-bond donors (Lipinski definition) is 1. The number of halogens is 3. The maximum Gasteiger partial charge on any atom is 0.416 e. The first-order chi connectivity index (χ1) is 15.3. The Kier molecular flexibility index (Phi) is 4.61. The van der Waals surface area contributed by atoms with Crippen molar-refractivity contribution in [3.05, 3.63) is 93.4 Å². The number of rotatable bonds is 4. The number of nitrogens with zero attached hydrogens (tertiary/aromatic N) is 4. The van der Waals surface area contributed by atoms with Gasteiger partial charge in [-0.1, -0.05) is 36.4 Å². The Bertz CT molecular complexity index is 1430. The fourth-order valence-electron chi connectivity index (χ4n) is 3.90. The first-order valence-electron chi connectivity index (χ1n) is 9.98. The predicted molar refractivity (Wildman–Crippen MR) is 115 cm³/mol. The lowest BCUT2D eigenvalue weighted by molar-refractivity contribution is -0.137. The van der Waals surface area contributed by atoms with Crippen molar-refractivity contribution in [2.45, 2.75) is 26.2 Å². The van der Waals surface area contributed by atoms with Gasteiger partial charge in [0.05, 0.1) is 17.5 Å². The first kappa shape index (κ1) is 20.0. The van der Waals surface area contributed by atoms with Gasteiger partial charge in [-0.2, -0.15) is 23.3 Å². The monoisotopic (exact) mass is 437 g/mol. The summed E-state index contributed by atoms with van der Waals surface area (Å²) in [5.74, 6) is 0.381. The molecule has 0 unspecified atom stereocenters. The van der Waals surface area contributed by atoms with Gasteiger partial charge in [-0.15, -0.1) is 0 Å². The Labute approximate surface area is 180 Å². The van der Waals surface area contributed by atoms with Crippen molar-refractivity contribution in [1.82, 2.24) is 19.3 Å². The van der Waals surface area contributed by atoms with Gasteiger partial charge in [0.2, 0.25) is 5.95 Å². The number of nitrogens with one attached hydrogen (secondary N) is 1. The van der Waals surface area contributed by atoms with E-state index in [1.165, 1.54) is 16.9 Å². The molecule has 6 nitrogen and oxygen atoms in total. The Hall–Kier alpha value is -3.88. The Morgan fingerprint density at radius 3 is 2.72 bits per heavy atom. The normalized spacial score (nSPS) is 13.3. The second-order valence-corrected chi connectivity index (χ2v) is 7.59. The highest BCUT2D eigenvalue weighted by molar-refractivity contribution is 5.83. The van der Waals surface area contributed by atoms with Gasteiger partial charge in [-0.3, -0.25) is 9.36 Å². The van der Waals surface area contributed by atoms with Gasteiger partial charge in [-0.25, -0.2) is 4.68 Å². The highest BCUT2D eigenvalue weighted by Gasteiger charge is 2.31. The number of anilines is 1. The van der Waals surface area contributed by atoms with Crippen molar-refractivity contribution < 1.29 is 13.2 Å². The van der Waals surface area contributed by atoms with Gasteiger partial charge in [0.1, 0.15) is 5.39 Å². The zero-order valence-electron chi connectivity index (χ0n) is 17.0. The van der Waals surface area contributed by atoms with E-state index in [1.54, 1.807) is 16.7 Å². The van der Waals surface area contributed by atoms with Crippen molar-refractivity contribution in [2.75, 3.05) is 5.32 Å². The average molecular weight is 437 g/mol. The molecule has 5 rings (SSSR count). The van der Waals surface area contributed by atoms with E-state index in [2.05, 4.69) is 15.4 Å². The molecule has 1 aliphatic heterocycles. The molecule has 32 heavy (non-hydrogen) atoms. The maximum absolute atomic E-state index is 13.2. The van der Waals surface area contributed by atoms with Crippen molar-refractivity contribution in [3.63, 3.8) is 0 Å². The zero-order valence-corrected chi connectivity index (χ0v) is 17.0. The second kappa shape index (κ2) is 7.37. The predicted octanol–water partition coefficient (Wildman–Crippen LogP) is 4.44. The topological polar surface area (TPSA) is 64.7 Å². The molecule has 0 saturated carbocycles. The summed E-state index contributed by atoms with van der Waals surface area (Å²) in [6, 6.07) is 13.0. The fraction of sp³-hybridized carbons (Fsp3) is 0.174. The number of allylic oxidation sites excluding steroid dienone is 1. The van der Waals surface area contributed by atoms with Crippen LogP contribution in [0.3, 0.4) is 0 Å². The third-order valence-corrected chi connectivity index (χ3v) is 5.57. The molecule has 1 aliphatic rings. The summed E-state index contributed by atoms with van der Waals surface area (Å²) in [7, 11) is 0. The van der Waals surface area contributed by atoms with Crippen LogP contribution in [0.25, 0.3) is 16.7 Å². The van der Waals surface area contributed by atoms with Gasteiger partial charge >= 0.3 is 6.18 Å². The van der Waals surface area contributed by atoms with E-state index in [-0.39, 0.29) is 0 Å². The van der Waals surface area contributed by atoms with Crippen LogP contribution in [0.15, 0.2) is 65.6 Å². The van der Waals surface area contributed by atoms with Crippen LogP contribution in [0.5, 0.6) is 0 Å². The van der Waals surface area contributed by atoms with E-state index in [1.807, 2.05) is 31.2 Å². The molecular weight excluding hydrogens is 419 g/mol. The third kappa shape index (κ3) is 3.35. The van der Waals surface area contributed by atoms with E-state index in [4.69, 9.17) is 0 Å². The van der Waals surface area contributed by atoms with Crippen LogP contribution >= 0.6 is 0 Å². The molecule has 0 radical (unpaired) electrons. The molecule has 0 bridgehead atoms. The minimum Gasteiger partial charge on any atom is -0.351 e. The van der Waals surface area contributed by atoms with Gasteiger partial charge in [0, 0.05) is 18.7 Å². The minimum absolute atomic E-state index is 0.309. The SMILES string of the molecule is Cc1ccccc1CNc1nc(=O)c2cnn3c2n1CC=C3c1cccc(C(F)(F)F)c1. The molecule has 4 aromatic rings. The molecule has 9 heteroatoms. The summed E-state index contributed by atoms with van der Waals surface area (Å²) < 4.78 is 42.9. The largest absolute Gasteiger partial charge is 0.416 e. The highest BCUT2D eigenvalue weighted by atomic mass is 19.4. The molecule has 1 N–H and O–H groups in total. The van der Waals surface area contributed by atoms with Crippen molar-refractivity contribution in [3.8, 4) is 0 Å². The maximum atomic E-state index is 13.2. The number of aryl methyl sites for hydroxylation is 1. The molecule has 0 amide bonds. The molecule has 2 aromatic heterocycles. The van der Waals surface area contributed by atoms with Crippen LogP contribution < -0.4 is 10.9 Å². The fourth-order valence-corrected chi connectivity index (χ4v) is 3.90. The number of aromatic nitrogens is 4. The third-order valence-electron chi connectivity index (χ3n) is 5.57. The van der Waals surface area contributed by atoms with Gasteiger partial charge in [0.25, 0.3) is 5.56 Å². The standard InChI is InChI=1S/C23H18F3N5O/c1-14-5-2-3-6-16(14)12-27-22-29-20(32)18-13-28-31-19(9-10-30(22)21(18)31)15-7-4-8-17(11-15)23(24,25)26/h2-9,11,13H,10,12H2,1H3,(H,27,29,32). The summed E-state index contributed by atoms with van der Waals surface area (Å²) in [6.45, 7) is 2.81. The zero-order chi connectivity index (χ0) is 22.5. The Morgan fingerprint density at radius 2 is 1.94 bits per heavy atom. The Morgan fingerprint density at radius 1 is 1.12 bits per heavy atom. The summed E-state index contributed by atoms with van der Waals surface area (Å²) in [5.41, 5.74) is 2.35. The van der Waals surface area contributed by atoms with Crippen LogP contribution in [0, 0.1) is 6.92 Å². The molecule has 0 saturated heterocycles. The minimum atomic E-state index is -4.45. The molecule has 162 valence electrons. The van der Waals surface area contributed by atoms with E-state index in [9.17, 15) is 18.0 Å². The van der Waals surface area contributed by atoms with Crippen LogP contribution in [0.4, 0.5) is 19.1 Å². The molecule has 3 heterocycles. The summed E-state index contributed by atoms with van der Waals surface area (Å²) in [6.07, 6.45) is -1.27. The summed E-state index contributed by atoms with van der Waals surface area (Å²) >= 11 is 0. The van der Waals surface area contributed by atoms with Gasteiger partial charge < -0.3 is 5.32 Å². The molecule has 0 aliphatic carbocycles. The van der Waals surface area contributed by atoms with Crippen LogP contribution in [0.2, 0.25) is 0 Å². The second-order valence-electron chi connectivity index (χ2n) is 7.59. The molecule has 0 fully saturated rings. The summed E-state index contributed by atoms with van der Waals surface area (Å²) in [4.78, 5) is 16.8. The van der Waals surface area contributed by atoms with Crippen LogP contribution in [-0.2, 0) is 19.3 Å². The molecule has 0 atom stereocenters. The highest BCUT2D eigenvalue weighted by Crippen LogP contribution is 2.33. The number of hydrogen-bond acceptors (Lipinski definition) is 4. The lowest BCUT2D eigenvalue weighted by atomic mass is 10.1. The smallest absolute Gasteiger partial charge is 0.351 e. The van der Waals surface area contributed by atoms with E-state index in [0.29, 0.717) is 41.3 Å². The average Bonchev–Trinajstić information content (AvgIpc) is 3.22.